The van der Waals surface area contributed by atoms with Gasteiger partial charge in [-0.25, -0.2) is 4.68 Å². The second-order valence-electron chi connectivity index (χ2n) is 8.46. The fourth-order valence-corrected chi connectivity index (χ4v) is 4.59. The summed E-state index contributed by atoms with van der Waals surface area (Å²) >= 11 is 5.73. The van der Waals surface area contributed by atoms with Gasteiger partial charge >= 0.3 is 0 Å². The lowest BCUT2D eigenvalue weighted by atomic mass is 9.96. The second-order valence-corrected chi connectivity index (χ2v) is 8.82. The molecule has 4 rings (SSSR count). The van der Waals surface area contributed by atoms with Crippen LogP contribution in [0.5, 0.6) is 0 Å². The van der Waals surface area contributed by atoms with E-state index in [-0.39, 0.29) is 11.8 Å². The minimum Gasteiger partial charge on any atom is -0.352 e. The van der Waals surface area contributed by atoms with Crippen molar-refractivity contribution in [3.05, 3.63) is 70.5 Å². The van der Waals surface area contributed by atoms with Gasteiger partial charge in [-0.15, -0.1) is 0 Å². The van der Waals surface area contributed by atoms with Crippen LogP contribution in [0.2, 0.25) is 0 Å². The third kappa shape index (κ3) is 5.16. The Morgan fingerprint density at radius 1 is 1.12 bits per heavy atom. The van der Waals surface area contributed by atoms with E-state index < -0.39 is 0 Å². The standard InChI is InChI=1S/C25H31N5OS/c1-3-29-23(22-11-7-8-19(2)16-22)27-30(25(29)32)18-28-14-12-21(13-15-28)24(31)26-17-20-9-5-4-6-10-20/h4-11,16,21H,3,12-15,17-18H2,1-2H3,(H,26,31). The molecule has 0 spiro atoms. The Kier molecular flexibility index (Phi) is 7.17. The zero-order valence-corrected chi connectivity index (χ0v) is 19.6. The van der Waals surface area contributed by atoms with E-state index in [1.165, 1.54) is 5.56 Å². The first kappa shape index (κ1) is 22.4. The van der Waals surface area contributed by atoms with Gasteiger partial charge in [-0.05, 0) is 50.5 Å². The Labute approximate surface area is 194 Å². The highest BCUT2D eigenvalue weighted by molar-refractivity contribution is 7.71. The van der Waals surface area contributed by atoms with Gasteiger partial charge in [0.25, 0.3) is 0 Å². The number of nitrogens with zero attached hydrogens (tertiary/aromatic N) is 4. The molecule has 2 heterocycles. The van der Waals surface area contributed by atoms with Crippen LogP contribution in [0.4, 0.5) is 0 Å². The minimum atomic E-state index is 0.0685. The zero-order chi connectivity index (χ0) is 22.5. The molecule has 0 radical (unpaired) electrons. The molecule has 0 atom stereocenters. The van der Waals surface area contributed by atoms with Crippen LogP contribution in [0.15, 0.2) is 54.6 Å². The summed E-state index contributed by atoms with van der Waals surface area (Å²) < 4.78 is 4.76. The van der Waals surface area contributed by atoms with Crippen LogP contribution in [0.3, 0.4) is 0 Å². The topological polar surface area (TPSA) is 55.1 Å². The monoisotopic (exact) mass is 449 g/mol. The van der Waals surface area contributed by atoms with Gasteiger partial charge in [0.2, 0.25) is 5.91 Å². The Bertz CT molecular complexity index is 1110. The van der Waals surface area contributed by atoms with Gasteiger partial charge in [-0.2, -0.15) is 5.10 Å². The summed E-state index contributed by atoms with van der Waals surface area (Å²) in [6.07, 6.45) is 1.71. The van der Waals surface area contributed by atoms with Gasteiger partial charge in [0, 0.05) is 37.7 Å². The summed E-state index contributed by atoms with van der Waals surface area (Å²) in [5, 5.41) is 7.95. The molecule has 168 valence electrons. The summed E-state index contributed by atoms with van der Waals surface area (Å²) in [5.41, 5.74) is 3.42. The first-order valence-corrected chi connectivity index (χ1v) is 11.7. The third-order valence-electron chi connectivity index (χ3n) is 6.12. The fourth-order valence-electron chi connectivity index (χ4n) is 4.27. The van der Waals surface area contributed by atoms with Crippen LogP contribution in [-0.2, 0) is 24.6 Å². The number of carbonyl (C=O) groups is 1. The van der Waals surface area contributed by atoms with Gasteiger partial charge in [0.15, 0.2) is 10.6 Å². The number of rotatable bonds is 7. The fraction of sp³-hybridized carbons (Fsp3) is 0.400. The number of piperidine rings is 1. The Hall–Kier alpha value is -2.77. The average molecular weight is 450 g/mol. The molecule has 0 unspecified atom stereocenters. The quantitative estimate of drug-likeness (QED) is 0.544. The lowest BCUT2D eigenvalue weighted by molar-refractivity contribution is -0.126. The van der Waals surface area contributed by atoms with Crippen LogP contribution >= 0.6 is 12.2 Å². The molecule has 2 aromatic carbocycles. The summed E-state index contributed by atoms with van der Waals surface area (Å²) in [6.45, 7) is 7.94. The van der Waals surface area contributed by atoms with Crippen LogP contribution in [0, 0.1) is 17.6 Å². The highest BCUT2D eigenvalue weighted by Crippen LogP contribution is 2.22. The van der Waals surface area contributed by atoms with Crippen molar-refractivity contribution >= 4 is 18.1 Å². The third-order valence-corrected chi connectivity index (χ3v) is 6.55. The predicted molar refractivity (Wildman–Crippen MR) is 129 cm³/mol. The number of aromatic nitrogens is 3. The molecule has 1 saturated heterocycles. The maximum absolute atomic E-state index is 12.6. The highest BCUT2D eigenvalue weighted by atomic mass is 32.1. The molecule has 0 aliphatic carbocycles. The molecular weight excluding hydrogens is 418 g/mol. The number of carbonyl (C=O) groups excluding carboxylic acids is 1. The molecule has 3 aromatic rings. The molecule has 1 fully saturated rings. The van der Waals surface area contributed by atoms with E-state index in [1.54, 1.807) is 0 Å². The average Bonchev–Trinajstić information content (AvgIpc) is 3.13. The van der Waals surface area contributed by atoms with Gasteiger partial charge in [-0.3, -0.25) is 9.69 Å². The Balaban J connectivity index is 1.36. The van der Waals surface area contributed by atoms with Crippen LogP contribution < -0.4 is 5.32 Å². The molecule has 1 aromatic heterocycles. The Morgan fingerprint density at radius 3 is 2.56 bits per heavy atom. The largest absolute Gasteiger partial charge is 0.352 e. The molecule has 7 heteroatoms. The normalized spacial score (nSPS) is 15.1. The van der Waals surface area contributed by atoms with E-state index in [4.69, 9.17) is 17.3 Å². The van der Waals surface area contributed by atoms with E-state index in [0.717, 1.165) is 54.2 Å². The first-order chi connectivity index (χ1) is 15.5. The van der Waals surface area contributed by atoms with E-state index in [0.29, 0.717) is 13.2 Å². The van der Waals surface area contributed by atoms with Crippen molar-refractivity contribution in [2.45, 2.75) is 46.4 Å². The Morgan fingerprint density at radius 2 is 1.88 bits per heavy atom. The predicted octanol–water partition coefficient (Wildman–Crippen LogP) is 4.40. The van der Waals surface area contributed by atoms with Crippen molar-refractivity contribution in [3.8, 4) is 11.4 Å². The van der Waals surface area contributed by atoms with Crippen molar-refractivity contribution in [2.75, 3.05) is 13.1 Å². The summed E-state index contributed by atoms with van der Waals surface area (Å²) in [5.74, 6) is 1.14. The maximum Gasteiger partial charge on any atom is 0.223 e. The summed E-state index contributed by atoms with van der Waals surface area (Å²) in [6, 6.07) is 18.4. The number of nitrogens with one attached hydrogen (secondary N) is 1. The smallest absolute Gasteiger partial charge is 0.223 e. The lowest BCUT2D eigenvalue weighted by Crippen LogP contribution is -2.41. The first-order valence-electron chi connectivity index (χ1n) is 11.3. The maximum atomic E-state index is 12.6. The van der Waals surface area contributed by atoms with Gasteiger partial charge in [0.05, 0.1) is 6.67 Å². The van der Waals surface area contributed by atoms with Crippen molar-refractivity contribution < 1.29 is 4.79 Å². The molecular formula is C25H31N5OS. The van der Waals surface area contributed by atoms with E-state index in [2.05, 4.69) is 52.9 Å². The minimum absolute atomic E-state index is 0.0685. The zero-order valence-electron chi connectivity index (χ0n) is 18.8. The van der Waals surface area contributed by atoms with Crippen LogP contribution in [0.1, 0.15) is 30.9 Å². The number of likely N-dealkylation sites (tertiary alicyclic amines) is 1. The molecule has 1 aliphatic rings. The number of hydrogen-bond acceptors (Lipinski definition) is 4. The summed E-state index contributed by atoms with van der Waals surface area (Å²) in [7, 11) is 0. The van der Waals surface area contributed by atoms with Gasteiger partial charge in [0.1, 0.15) is 0 Å². The van der Waals surface area contributed by atoms with Crippen molar-refractivity contribution in [1.82, 2.24) is 24.6 Å². The van der Waals surface area contributed by atoms with Gasteiger partial charge in [-0.1, -0.05) is 54.1 Å². The van der Waals surface area contributed by atoms with Crippen LogP contribution in [-0.4, -0.2) is 38.2 Å². The lowest BCUT2D eigenvalue weighted by Gasteiger charge is -2.30. The molecule has 6 nitrogen and oxygen atoms in total. The number of hydrogen-bond donors (Lipinski definition) is 1. The molecule has 0 saturated carbocycles. The molecule has 0 bridgehead atoms. The SMILES string of the molecule is CCn1c(-c2cccc(C)c2)nn(CN2CCC(C(=O)NCc3ccccc3)CC2)c1=S. The van der Waals surface area contributed by atoms with Gasteiger partial charge < -0.3 is 9.88 Å². The molecule has 1 amide bonds. The highest BCUT2D eigenvalue weighted by Gasteiger charge is 2.25. The molecule has 32 heavy (non-hydrogen) atoms. The van der Waals surface area contributed by atoms with E-state index >= 15 is 0 Å². The van der Waals surface area contributed by atoms with E-state index in [1.807, 2.05) is 35.0 Å². The molecule has 1 aliphatic heterocycles. The van der Waals surface area contributed by atoms with E-state index in [9.17, 15) is 4.79 Å². The number of benzene rings is 2. The van der Waals surface area contributed by atoms with Crippen molar-refractivity contribution in [3.63, 3.8) is 0 Å². The van der Waals surface area contributed by atoms with Crippen molar-refractivity contribution in [1.29, 1.82) is 0 Å². The number of aryl methyl sites for hydroxylation is 1. The van der Waals surface area contributed by atoms with Crippen LogP contribution in [0.25, 0.3) is 11.4 Å². The van der Waals surface area contributed by atoms with Crippen molar-refractivity contribution in [2.24, 2.45) is 5.92 Å². The second kappa shape index (κ2) is 10.2. The number of amides is 1. The molecule has 1 N–H and O–H groups in total. The summed E-state index contributed by atoms with van der Waals surface area (Å²) in [4.78, 5) is 14.9.